The van der Waals surface area contributed by atoms with Crippen molar-refractivity contribution in [3.05, 3.63) is 29.3 Å². The standard InChI is InChI=1S/C12H19NO5S2/c1-10-5-6-12(9-11(10)2)18-20(16,17)8-4-3-7-19(13,14)15/h5-6,9H,3-4,7-8H2,1-2H3,(H2,13,14,15). The molecule has 0 saturated heterocycles. The number of rotatable bonds is 7. The monoisotopic (exact) mass is 321 g/mol. The molecule has 0 bridgehead atoms. The summed E-state index contributed by atoms with van der Waals surface area (Å²) in [7, 11) is -7.26. The smallest absolute Gasteiger partial charge is 0.309 e. The summed E-state index contributed by atoms with van der Waals surface area (Å²) >= 11 is 0. The Hall–Kier alpha value is -1.12. The summed E-state index contributed by atoms with van der Waals surface area (Å²) in [5.41, 5.74) is 1.98. The van der Waals surface area contributed by atoms with E-state index in [4.69, 9.17) is 9.32 Å². The number of hydrogen-bond acceptors (Lipinski definition) is 5. The van der Waals surface area contributed by atoms with Crippen LogP contribution < -0.4 is 9.32 Å². The molecule has 2 N–H and O–H groups in total. The molecular formula is C12H19NO5S2. The van der Waals surface area contributed by atoms with E-state index in [0.717, 1.165) is 11.1 Å². The van der Waals surface area contributed by atoms with Crippen LogP contribution in [0.2, 0.25) is 0 Å². The Labute approximate surface area is 120 Å². The normalized spacial score (nSPS) is 12.3. The zero-order valence-electron chi connectivity index (χ0n) is 11.5. The topological polar surface area (TPSA) is 104 Å². The first-order valence-corrected chi connectivity index (χ1v) is 9.38. The van der Waals surface area contributed by atoms with E-state index in [-0.39, 0.29) is 30.1 Å². The van der Waals surface area contributed by atoms with Crippen LogP contribution in [0.1, 0.15) is 24.0 Å². The Morgan fingerprint density at radius 3 is 2.15 bits per heavy atom. The molecule has 0 aliphatic heterocycles. The summed E-state index contributed by atoms with van der Waals surface area (Å²) < 4.78 is 49.8. The second-order valence-corrected chi connectivity index (χ2v) is 8.09. The maximum atomic E-state index is 11.7. The molecular weight excluding hydrogens is 302 g/mol. The molecule has 0 unspecified atom stereocenters. The number of primary sulfonamides is 1. The molecule has 0 heterocycles. The molecule has 0 aliphatic carbocycles. The van der Waals surface area contributed by atoms with Gasteiger partial charge >= 0.3 is 10.1 Å². The van der Waals surface area contributed by atoms with Crippen molar-refractivity contribution in [3.8, 4) is 5.75 Å². The molecule has 114 valence electrons. The summed E-state index contributed by atoms with van der Waals surface area (Å²) in [4.78, 5) is 0. The molecule has 0 amide bonds. The molecule has 1 rings (SSSR count). The SMILES string of the molecule is Cc1ccc(OS(=O)(=O)CCCCS(N)(=O)=O)cc1C. The van der Waals surface area contributed by atoms with Gasteiger partial charge in [0.1, 0.15) is 5.75 Å². The Balaban J connectivity index is 2.55. The van der Waals surface area contributed by atoms with Crippen molar-refractivity contribution in [2.75, 3.05) is 11.5 Å². The molecule has 8 heteroatoms. The van der Waals surface area contributed by atoms with Gasteiger partial charge < -0.3 is 4.18 Å². The lowest BCUT2D eigenvalue weighted by Gasteiger charge is -2.08. The van der Waals surface area contributed by atoms with Gasteiger partial charge in [-0.2, -0.15) is 8.42 Å². The minimum Gasteiger partial charge on any atom is -0.382 e. The number of aryl methyl sites for hydroxylation is 2. The average molecular weight is 321 g/mol. The molecule has 0 atom stereocenters. The van der Waals surface area contributed by atoms with E-state index in [2.05, 4.69) is 0 Å². The van der Waals surface area contributed by atoms with E-state index in [1.54, 1.807) is 18.2 Å². The van der Waals surface area contributed by atoms with Crippen LogP contribution in [0.25, 0.3) is 0 Å². The van der Waals surface area contributed by atoms with E-state index in [9.17, 15) is 16.8 Å². The van der Waals surface area contributed by atoms with Crippen LogP contribution in [0.5, 0.6) is 5.75 Å². The summed E-state index contributed by atoms with van der Waals surface area (Å²) in [6.45, 7) is 3.78. The summed E-state index contributed by atoms with van der Waals surface area (Å²) in [6.07, 6.45) is 0.373. The zero-order valence-corrected chi connectivity index (χ0v) is 13.1. The van der Waals surface area contributed by atoms with Crippen molar-refractivity contribution in [1.82, 2.24) is 0 Å². The minimum absolute atomic E-state index is 0.184. The number of benzene rings is 1. The Morgan fingerprint density at radius 2 is 1.60 bits per heavy atom. The van der Waals surface area contributed by atoms with Gasteiger partial charge in [0.25, 0.3) is 0 Å². The Bertz CT molecular complexity index is 665. The molecule has 20 heavy (non-hydrogen) atoms. The highest BCUT2D eigenvalue weighted by Gasteiger charge is 2.14. The molecule has 1 aromatic carbocycles. The average Bonchev–Trinajstić information content (AvgIpc) is 2.28. The summed E-state index contributed by atoms with van der Waals surface area (Å²) in [6, 6.07) is 5.02. The first kappa shape index (κ1) is 16.9. The van der Waals surface area contributed by atoms with E-state index in [1.807, 2.05) is 13.8 Å². The van der Waals surface area contributed by atoms with E-state index in [1.165, 1.54) is 0 Å². The van der Waals surface area contributed by atoms with Gasteiger partial charge in [0, 0.05) is 0 Å². The number of sulfonamides is 1. The van der Waals surface area contributed by atoms with Gasteiger partial charge in [0.2, 0.25) is 10.0 Å². The Morgan fingerprint density at radius 1 is 1.00 bits per heavy atom. The van der Waals surface area contributed by atoms with Crippen LogP contribution in [0.15, 0.2) is 18.2 Å². The lowest BCUT2D eigenvalue weighted by Crippen LogP contribution is -2.18. The second-order valence-electron chi connectivity index (χ2n) is 4.67. The second kappa shape index (κ2) is 6.55. The van der Waals surface area contributed by atoms with Crippen molar-refractivity contribution in [3.63, 3.8) is 0 Å². The maximum Gasteiger partial charge on any atom is 0.309 e. The lowest BCUT2D eigenvalue weighted by atomic mass is 10.1. The third kappa shape index (κ3) is 6.36. The zero-order chi connectivity index (χ0) is 15.4. The number of hydrogen-bond donors (Lipinski definition) is 1. The molecule has 1 aromatic rings. The fourth-order valence-corrected chi connectivity index (χ4v) is 3.18. The van der Waals surface area contributed by atoms with Crippen LogP contribution in [-0.4, -0.2) is 28.3 Å². The predicted octanol–water partition coefficient (Wildman–Crippen LogP) is 1.08. The third-order valence-electron chi connectivity index (χ3n) is 2.77. The van der Waals surface area contributed by atoms with Crippen LogP contribution >= 0.6 is 0 Å². The van der Waals surface area contributed by atoms with E-state index >= 15 is 0 Å². The van der Waals surface area contributed by atoms with E-state index in [0.29, 0.717) is 0 Å². The van der Waals surface area contributed by atoms with Crippen LogP contribution in [0.3, 0.4) is 0 Å². The van der Waals surface area contributed by atoms with Gasteiger partial charge in [-0.05, 0) is 49.9 Å². The van der Waals surface area contributed by atoms with Gasteiger partial charge in [-0.15, -0.1) is 0 Å². The molecule has 0 aliphatic rings. The van der Waals surface area contributed by atoms with Gasteiger partial charge in [-0.25, -0.2) is 13.6 Å². The quantitative estimate of drug-likeness (QED) is 0.598. The van der Waals surface area contributed by atoms with Gasteiger partial charge in [-0.3, -0.25) is 0 Å². The molecule has 0 fully saturated rings. The fourth-order valence-electron chi connectivity index (χ4n) is 1.54. The molecule has 0 saturated carbocycles. The van der Waals surface area contributed by atoms with Gasteiger partial charge in [0.05, 0.1) is 11.5 Å². The lowest BCUT2D eigenvalue weighted by molar-refractivity contribution is 0.483. The van der Waals surface area contributed by atoms with E-state index < -0.39 is 20.1 Å². The van der Waals surface area contributed by atoms with Gasteiger partial charge in [0.15, 0.2) is 0 Å². The maximum absolute atomic E-state index is 11.7. The van der Waals surface area contributed by atoms with Crippen molar-refractivity contribution in [2.45, 2.75) is 26.7 Å². The summed E-state index contributed by atoms with van der Waals surface area (Å²) in [5.74, 6) is -0.207. The largest absolute Gasteiger partial charge is 0.382 e. The highest BCUT2D eigenvalue weighted by Crippen LogP contribution is 2.18. The molecule has 6 nitrogen and oxygen atoms in total. The molecule has 0 radical (unpaired) electrons. The van der Waals surface area contributed by atoms with Gasteiger partial charge in [-0.1, -0.05) is 6.07 Å². The van der Waals surface area contributed by atoms with Crippen molar-refractivity contribution >= 4 is 20.1 Å². The molecule has 0 spiro atoms. The van der Waals surface area contributed by atoms with Crippen LogP contribution in [-0.2, 0) is 20.1 Å². The minimum atomic E-state index is -3.72. The highest BCUT2D eigenvalue weighted by atomic mass is 32.2. The fraction of sp³-hybridized carbons (Fsp3) is 0.500. The van der Waals surface area contributed by atoms with Crippen LogP contribution in [0, 0.1) is 13.8 Å². The van der Waals surface area contributed by atoms with Crippen molar-refractivity contribution in [2.24, 2.45) is 5.14 Å². The predicted molar refractivity (Wildman–Crippen MR) is 77.5 cm³/mol. The first-order chi connectivity index (χ1) is 9.09. The summed E-state index contributed by atoms with van der Waals surface area (Å²) in [5, 5.41) is 4.83. The number of nitrogens with two attached hydrogens (primary N) is 1. The first-order valence-electron chi connectivity index (χ1n) is 6.09. The van der Waals surface area contributed by atoms with Crippen molar-refractivity contribution in [1.29, 1.82) is 0 Å². The third-order valence-corrected chi connectivity index (χ3v) is 4.87. The highest BCUT2D eigenvalue weighted by molar-refractivity contribution is 7.89. The number of unbranched alkanes of at least 4 members (excludes halogenated alkanes) is 1. The van der Waals surface area contributed by atoms with Crippen LogP contribution in [0.4, 0.5) is 0 Å². The molecule has 0 aromatic heterocycles. The Kier molecular flexibility index (Phi) is 5.55. The van der Waals surface area contributed by atoms with Crippen molar-refractivity contribution < 1.29 is 21.0 Å².